The molecule has 0 heterocycles. The zero-order valence-corrected chi connectivity index (χ0v) is 11.2. The summed E-state index contributed by atoms with van der Waals surface area (Å²) in [4.78, 5) is 4.25. The first kappa shape index (κ1) is 14.9. The molecule has 0 bridgehead atoms. The van der Waals surface area contributed by atoms with Crippen LogP contribution < -0.4 is 0 Å². The molecule has 0 fully saturated rings. The highest BCUT2D eigenvalue weighted by Crippen LogP contribution is 2.18. The van der Waals surface area contributed by atoms with Crippen molar-refractivity contribution in [3.63, 3.8) is 0 Å². The molecular weight excluding hydrogens is 241 g/mol. The number of nitrogens with zero attached hydrogens (tertiary/aromatic N) is 1. The topological polar surface area (TPSA) is 32.6 Å². The Morgan fingerprint density at radius 2 is 2.11 bits per heavy atom. The molecule has 1 aromatic rings. The molecule has 19 heavy (non-hydrogen) atoms. The van der Waals surface area contributed by atoms with E-state index in [1.807, 2.05) is 18.2 Å². The van der Waals surface area contributed by atoms with Crippen LogP contribution >= 0.6 is 0 Å². The van der Waals surface area contributed by atoms with Crippen LogP contribution in [0.1, 0.15) is 31.4 Å². The summed E-state index contributed by atoms with van der Waals surface area (Å²) in [5.41, 5.74) is 1.71. The minimum absolute atomic E-state index is 0.168. The molecule has 0 amide bonds. The van der Waals surface area contributed by atoms with Gasteiger partial charge in [-0.15, -0.1) is 0 Å². The summed E-state index contributed by atoms with van der Waals surface area (Å²) in [6.45, 7) is 7.29. The minimum Gasteiger partial charge on any atom is -0.508 e. The van der Waals surface area contributed by atoms with Gasteiger partial charge in [-0.25, -0.2) is 4.39 Å². The lowest BCUT2D eigenvalue weighted by molar-refractivity contribution is 0.512. The molecule has 0 radical (unpaired) electrons. The van der Waals surface area contributed by atoms with Gasteiger partial charge in [0.2, 0.25) is 0 Å². The van der Waals surface area contributed by atoms with Gasteiger partial charge in [0.1, 0.15) is 11.6 Å². The maximum Gasteiger partial charge on any atom is 0.123 e. The van der Waals surface area contributed by atoms with Crippen LogP contribution in [0.25, 0.3) is 5.76 Å². The monoisotopic (exact) mass is 259 g/mol. The molecule has 1 aromatic carbocycles. The van der Waals surface area contributed by atoms with Crippen molar-refractivity contribution in [2.24, 2.45) is 4.99 Å². The van der Waals surface area contributed by atoms with Crippen molar-refractivity contribution in [3.05, 3.63) is 66.2 Å². The number of allylic oxidation sites excluding steroid dienone is 3. The van der Waals surface area contributed by atoms with E-state index < -0.39 is 5.82 Å². The highest BCUT2D eigenvalue weighted by molar-refractivity contribution is 6.02. The van der Waals surface area contributed by atoms with E-state index in [2.05, 4.69) is 18.5 Å². The fraction of sp³-hybridized carbons (Fsp3) is 0.188. The molecule has 0 saturated heterocycles. The second-order valence-electron chi connectivity index (χ2n) is 4.03. The summed E-state index contributed by atoms with van der Waals surface area (Å²) in [7, 11) is 0. The third-order valence-corrected chi connectivity index (χ3v) is 2.52. The van der Waals surface area contributed by atoms with Gasteiger partial charge in [-0.1, -0.05) is 25.7 Å². The maximum absolute atomic E-state index is 13.1. The predicted molar refractivity (Wildman–Crippen MR) is 78.8 cm³/mol. The normalized spacial score (nSPS) is 12.5. The summed E-state index contributed by atoms with van der Waals surface area (Å²) < 4.78 is 13.1. The second kappa shape index (κ2) is 7.31. The first-order chi connectivity index (χ1) is 9.06. The molecule has 0 aliphatic heterocycles. The zero-order valence-electron chi connectivity index (χ0n) is 11.2. The van der Waals surface area contributed by atoms with E-state index in [1.54, 1.807) is 19.2 Å². The van der Waals surface area contributed by atoms with Gasteiger partial charge in [0.05, 0.1) is 0 Å². The van der Waals surface area contributed by atoms with Crippen molar-refractivity contribution in [2.45, 2.75) is 20.3 Å². The number of aliphatic hydroxyl groups is 1. The third kappa shape index (κ3) is 4.54. The molecule has 0 saturated carbocycles. The average molecular weight is 259 g/mol. The summed E-state index contributed by atoms with van der Waals surface area (Å²) in [6, 6.07) is 4.17. The molecule has 3 heteroatoms. The lowest BCUT2D eigenvalue weighted by atomic mass is 10.0. The Morgan fingerprint density at radius 1 is 1.37 bits per heavy atom. The van der Waals surface area contributed by atoms with Crippen molar-refractivity contribution in [3.8, 4) is 0 Å². The van der Waals surface area contributed by atoms with Gasteiger partial charge in [0, 0.05) is 23.0 Å². The largest absolute Gasteiger partial charge is 0.508 e. The fourth-order valence-electron chi connectivity index (χ4n) is 1.56. The minimum atomic E-state index is -0.414. The number of benzene rings is 1. The second-order valence-corrected chi connectivity index (χ2v) is 4.03. The Morgan fingerprint density at radius 3 is 2.74 bits per heavy atom. The molecule has 0 aliphatic rings. The van der Waals surface area contributed by atoms with Gasteiger partial charge in [-0.2, -0.15) is 0 Å². The van der Waals surface area contributed by atoms with Crippen molar-refractivity contribution in [1.82, 2.24) is 0 Å². The van der Waals surface area contributed by atoms with Crippen LogP contribution in [0.4, 0.5) is 4.39 Å². The summed E-state index contributed by atoms with van der Waals surface area (Å²) in [5.74, 6) is -0.581. The van der Waals surface area contributed by atoms with Crippen molar-refractivity contribution in [1.29, 1.82) is 0 Å². The third-order valence-electron chi connectivity index (χ3n) is 2.52. The molecule has 2 nitrogen and oxygen atoms in total. The summed E-state index contributed by atoms with van der Waals surface area (Å²) in [6.07, 6.45) is 8.38. The Labute approximate surface area is 113 Å². The number of halogens is 1. The van der Waals surface area contributed by atoms with Crippen LogP contribution in [0.15, 0.2) is 54.2 Å². The van der Waals surface area contributed by atoms with E-state index >= 15 is 0 Å². The molecule has 100 valence electrons. The summed E-state index contributed by atoms with van der Waals surface area (Å²) >= 11 is 0. The maximum atomic E-state index is 13.1. The number of hydrogen-bond donors (Lipinski definition) is 1. The van der Waals surface area contributed by atoms with Gasteiger partial charge in [-0.05, 0) is 37.6 Å². The number of hydrogen-bond acceptors (Lipinski definition) is 2. The van der Waals surface area contributed by atoms with E-state index in [0.29, 0.717) is 16.8 Å². The van der Waals surface area contributed by atoms with E-state index in [9.17, 15) is 9.50 Å². The van der Waals surface area contributed by atoms with Gasteiger partial charge in [0.15, 0.2) is 0 Å². The van der Waals surface area contributed by atoms with E-state index in [-0.39, 0.29) is 5.76 Å². The molecule has 0 atom stereocenters. The van der Waals surface area contributed by atoms with Crippen LogP contribution in [0.2, 0.25) is 0 Å². The molecule has 1 rings (SSSR count). The lowest BCUT2D eigenvalue weighted by Crippen LogP contribution is -2.00. The Kier molecular flexibility index (Phi) is 5.73. The first-order valence-corrected chi connectivity index (χ1v) is 6.10. The predicted octanol–water partition coefficient (Wildman–Crippen LogP) is 4.64. The molecular formula is C16H18FNO. The molecule has 0 aromatic heterocycles. The highest BCUT2D eigenvalue weighted by Gasteiger charge is 2.08. The highest BCUT2D eigenvalue weighted by atomic mass is 19.1. The Balaban J connectivity index is 3.02. The molecule has 0 unspecified atom stereocenters. The average Bonchev–Trinajstić information content (AvgIpc) is 2.38. The van der Waals surface area contributed by atoms with Gasteiger partial charge in [0.25, 0.3) is 0 Å². The van der Waals surface area contributed by atoms with Crippen molar-refractivity contribution >= 4 is 11.5 Å². The van der Waals surface area contributed by atoms with Crippen molar-refractivity contribution < 1.29 is 9.50 Å². The van der Waals surface area contributed by atoms with Gasteiger partial charge in [-0.3, -0.25) is 4.99 Å². The summed E-state index contributed by atoms with van der Waals surface area (Å²) in [5, 5.41) is 9.47. The van der Waals surface area contributed by atoms with E-state index in [4.69, 9.17) is 0 Å². The number of aliphatic hydroxyl groups excluding tert-OH is 1. The van der Waals surface area contributed by atoms with Crippen LogP contribution in [0.5, 0.6) is 0 Å². The Bertz CT molecular complexity index is 542. The van der Waals surface area contributed by atoms with E-state index in [1.165, 1.54) is 12.1 Å². The van der Waals surface area contributed by atoms with Crippen LogP contribution in [0, 0.1) is 5.82 Å². The molecule has 1 N–H and O–H groups in total. The van der Waals surface area contributed by atoms with Crippen molar-refractivity contribution in [2.75, 3.05) is 0 Å². The molecule has 0 spiro atoms. The molecule has 0 aliphatic carbocycles. The van der Waals surface area contributed by atoms with Crippen LogP contribution in [0.3, 0.4) is 0 Å². The van der Waals surface area contributed by atoms with Gasteiger partial charge >= 0.3 is 0 Å². The first-order valence-electron chi connectivity index (χ1n) is 6.10. The quantitative estimate of drug-likeness (QED) is 0.466. The lowest BCUT2D eigenvalue weighted by Gasteiger charge is -2.07. The SMILES string of the molecule is C=C(O)c1cc(F)ccc1C(C)=N/C=C\C=C\CC. The van der Waals surface area contributed by atoms with Crippen LogP contribution in [-0.4, -0.2) is 10.8 Å². The van der Waals surface area contributed by atoms with Gasteiger partial charge < -0.3 is 5.11 Å². The fourth-order valence-corrected chi connectivity index (χ4v) is 1.56. The number of rotatable bonds is 5. The standard InChI is InChI=1S/C16H18FNO/c1-4-5-6-7-10-18-12(2)15-9-8-14(17)11-16(15)13(3)19/h5-11,19H,3-4H2,1-2H3/b6-5+,10-7-,18-12?. The van der Waals surface area contributed by atoms with E-state index in [0.717, 1.165) is 6.42 Å². The smallest absolute Gasteiger partial charge is 0.123 e. The Hall–Kier alpha value is -2.16. The number of aliphatic imine (C=N–C) groups is 1. The van der Waals surface area contributed by atoms with Crippen LogP contribution in [-0.2, 0) is 0 Å². The zero-order chi connectivity index (χ0) is 14.3.